The molecule has 100 valence electrons. The number of fused-ring (bicyclic) bond motifs is 1. The summed E-state index contributed by atoms with van der Waals surface area (Å²) in [6, 6.07) is 8.04. The minimum absolute atomic E-state index is 0.408. The van der Waals surface area contributed by atoms with Crippen LogP contribution in [-0.2, 0) is 4.74 Å². The highest BCUT2D eigenvalue weighted by Gasteiger charge is 2.41. The second kappa shape index (κ2) is 5.13. The first-order valence-corrected chi connectivity index (χ1v) is 6.76. The van der Waals surface area contributed by atoms with E-state index in [9.17, 15) is 0 Å². The zero-order valence-electron chi connectivity index (χ0n) is 11.2. The van der Waals surface area contributed by atoms with Gasteiger partial charge in [0.25, 0.3) is 0 Å². The smallest absolute Gasteiger partial charge is 0.223 e. The van der Waals surface area contributed by atoms with Crippen molar-refractivity contribution in [3.05, 3.63) is 30.5 Å². The molecule has 4 heteroatoms. The molecule has 1 heterocycles. The Morgan fingerprint density at radius 3 is 2.95 bits per heavy atom. The fourth-order valence-corrected chi connectivity index (χ4v) is 2.33. The number of aromatic nitrogens is 2. The molecule has 0 atom stereocenters. The monoisotopic (exact) mass is 257 g/mol. The predicted molar refractivity (Wildman–Crippen MR) is 76.2 cm³/mol. The summed E-state index contributed by atoms with van der Waals surface area (Å²) in [5.74, 6) is 0.724. The Hall–Kier alpha value is -1.68. The van der Waals surface area contributed by atoms with Crippen LogP contribution in [0.4, 0.5) is 5.95 Å². The van der Waals surface area contributed by atoms with Crippen molar-refractivity contribution >= 4 is 16.9 Å². The van der Waals surface area contributed by atoms with Gasteiger partial charge in [0.1, 0.15) is 0 Å². The van der Waals surface area contributed by atoms with Gasteiger partial charge in [-0.1, -0.05) is 18.2 Å². The Morgan fingerprint density at radius 1 is 1.32 bits per heavy atom. The summed E-state index contributed by atoms with van der Waals surface area (Å²) >= 11 is 0. The molecule has 0 saturated heterocycles. The Kier molecular flexibility index (Phi) is 3.34. The third kappa shape index (κ3) is 2.84. The van der Waals surface area contributed by atoms with Crippen LogP contribution < -0.4 is 5.32 Å². The molecule has 0 unspecified atom stereocenters. The zero-order valence-corrected chi connectivity index (χ0v) is 11.2. The summed E-state index contributed by atoms with van der Waals surface area (Å²) in [6.07, 6.45) is 5.54. The summed E-state index contributed by atoms with van der Waals surface area (Å²) in [7, 11) is 1.76. The topological polar surface area (TPSA) is 47.0 Å². The highest BCUT2D eigenvalue weighted by Crippen LogP contribution is 2.48. The quantitative estimate of drug-likeness (QED) is 0.864. The molecule has 19 heavy (non-hydrogen) atoms. The van der Waals surface area contributed by atoms with Crippen LogP contribution in [-0.4, -0.2) is 30.2 Å². The van der Waals surface area contributed by atoms with Crippen molar-refractivity contribution < 1.29 is 4.74 Å². The third-order valence-electron chi connectivity index (χ3n) is 3.90. The van der Waals surface area contributed by atoms with Gasteiger partial charge in [-0.2, -0.15) is 0 Å². The Balaban J connectivity index is 1.65. The number of hydrogen-bond donors (Lipinski definition) is 1. The Labute approximate surface area is 113 Å². The van der Waals surface area contributed by atoms with Gasteiger partial charge in [-0.3, -0.25) is 0 Å². The van der Waals surface area contributed by atoms with Crippen molar-refractivity contribution in [2.75, 3.05) is 25.6 Å². The van der Waals surface area contributed by atoms with Crippen LogP contribution in [0.5, 0.6) is 0 Å². The van der Waals surface area contributed by atoms with Gasteiger partial charge in [-0.05, 0) is 30.7 Å². The van der Waals surface area contributed by atoms with E-state index in [0.717, 1.165) is 36.4 Å². The number of ether oxygens (including phenoxy) is 1. The van der Waals surface area contributed by atoms with Crippen molar-refractivity contribution in [1.29, 1.82) is 0 Å². The van der Waals surface area contributed by atoms with Crippen molar-refractivity contribution in [1.82, 2.24) is 9.97 Å². The summed E-state index contributed by atoms with van der Waals surface area (Å²) in [5.41, 5.74) is 1.40. The molecule has 1 aliphatic rings. The van der Waals surface area contributed by atoms with Gasteiger partial charge in [0.2, 0.25) is 5.95 Å². The lowest BCUT2D eigenvalue weighted by Crippen LogP contribution is -2.18. The van der Waals surface area contributed by atoms with Gasteiger partial charge in [0, 0.05) is 31.8 Å². The number of hydrogen-bond acceptors (Lipinski definition) is 4. The van der Waals surface area contributed by atoms with Gasteiger partial charge >= 0.3 is 0 Å². The van der Waals surface area contributed by atoms with E-state index >= 15 is 0 Å². The third-order valence-corrected chi connectivity index (χ3v) is 3.90. The number of methoxy groups -OCH3 is 1. The fourth-order valence-electron chi connectivity index (χ4n) is 2.33. The minimum atomic E-state index is 0.408. The zero-order chi connectivity index (χ0) is 13.1. The molecule has 0 amide bonds. The average Bonchev–Trinajstić information content (AvgIpc) is 3.23. The van der Waals surface area contributed by atoms with E-state index in [2.05, 4.69) is 15.3 Å². The van der Waals surface area contributed by atoms with Crippen LogP contribution >= 0.6 is 0 Å². The first-order valence-electron chi connectivity index (χ1n) is 6.76. The summed E-state index contributed by atoms with van der Waals surface area (Å²) in [5, 5.41) is 4.45. The molecular weight excluding hydrogens is 238 g/mol. The van der Waals surface area contributed by atoms with E-state index in [1.54, 1.807) is 7.11 Å². The SMILES string of the molecule is COCCC1(CNc2ncc3ccccc3n2)CC1. The van der Waals surface area contributed by atoms with Gasteiger partial charge < -0.3 is 10.1 Å². The van der Waals surface area contributed by atoms with Gasteiger partial charge in [-0.15, -0.1) is 0 Å². The number of nitrogens with one attached hydrogen (secondary N) is 1. The second-order valence-corrected chi connectivity index (χ2v) is 5.35. The molecule has 0 bridgehead atoms. The standard InChI is InChI=1S/C15H19N3O/c1-19-9-8-15(6-7-15)11-17-14-16-10-12-4-2-3-5-13(12)18-14/h2-5,10H,6-9,11H2,1H3,(H,16,17,18). The van der Waals surface area contributed by atoms with Crippen LogP contribution in [0.25, 0.3) is 10.9 Å². The molecule has 1 aromatic heterocycles. The maximum atomic E-state index is 5.17. The fraction of sp³-hybridized carbons (Fsp3) is 0.467. The number of nitrogens with zero attached hydrogens (tertiary/aromatic N) is 2. The van der Waals surface area contributed by atoms with Crippen molar-refractivity contribution in [2.24, 2.45) is 5.41 Å². The molecular formula is C15H19N3O. The first kappa shape index (κ1) is 12.4. The molecule has 1 aliphatic carbocycles. The van der Waals surface area contributed by atoms with Gasteiger partial charge in [0.05, 0.1) is 5.52 Å². The molecule has 1 aromatic carbocycles. The summed E-state index contributed by atoms with van der Waals surface area (Å²) < 4.78 is 5.17. The minimum Gasteiger partial charge on any atom is -0.385 e. The summed E-state index contributed by atoms with van der Waals surface area (Å²) in [4.78, 5) is 8.90. The van der Waals surface area contributed by atoms with Crippen LogP contribution in [0.3, 0.4) is 0 Å². The van der Waals surface area contributed by atoms with E-state index in [4.69, 9.17) is 4.74 Å². The van der Waals surface area contributed by atoms with E-state index in [0.29, 0.717) is 5.41 Å². The van der Waals surface area contributed by atoms with Crippen LogP contribution in [0, 0.1) is 5.41 Å². The molecule has 4 nitrogen and oxygen atoms in total. The lowest BCUT2D eigenvalue weighted by atomic mass is 10.0. The highest BCUT2D eigenvalue weighted by atomic mass is 16.5. The maximum absolute atomic E-state index is 5.17. The number of rotatable bonds is 6. The molecule has 2 aromatic rings. The lowest BCUT2D eigenvalue weighted by molar-refractivity contribution is 0.175. The Morgan fingerprint density at radius 2 is 2.16 bits per heavy atom. The number of anilines is 1. The number of para-hydroxylation sites is 1. The average molecular weight is 257 g/mol. The van der Waals surface area contributed by atoms with E-state index in [1.165, 1.54) is 12.8 Å². The molecule has 0 aliphatic heterocycles. The molecule has 3 rings (SSSR count). The largest absolute Gasteiger partial charge is 0.385 e. The van der Waals surface area contributed by atoms with Crippen LogP contribution in [0.1, 0.15) is 19.3 Å². The van der Waals surface area contributed by atoms with E-state index in [1.807, 2.05) is 30.5 Å². The predicted octanol–water partition coefficient (Wildman–Crippen LogP) is 2.86. The van der Waals surface area contributed by atoms with Crippen molar-refractivity contribution in [3.8, 4) is 0 Å². The second-order valence-electron chi connectivity index (χ2n) is 5.35. The maximum Gasteiger partial charge on any atom is 0.223 e. The highest BCUT2D eigenvalue weighted by molar-refractivity contribution is 5.78. The molecule has 1 N–H and O–H groups in total. The molecule has 0 spiro atoms. The first-order chi connectivity index (χ1) is 9.31. The van der Waals surface area contributed by atoms with Crippen LogP contribution in [0.2, 0.25) is 0 Å². The van der Waals surface area contributed by atoms with E-state index < -0.39 is 0 Å². The lowest BCUT2D eigenvalue weighted by Gasteiger charge is -2.15. The van der Waals surface area contributed by atoms with Crippen molar-refractivity contribution in [2.45, 2.75) is 19.3 Å². The van der Waals surface area contributed by atoms with E-state index in [-0.39, 0.29) is 0 Å². The normalized spacial score (nSPS) is 16.5. The van der Waals surface area contributed by atoms with Crippen LogP contribution in [0.15, 0.2) is 30.5 Å². The van der Waals surface area contributed by atoms with Crippen molar-refractivity contribution in [3.63, 3.8) is 0 Å². The molecule has 1 fully saturated rings. The summed E-state index contributed by atoms with van der Waals surface area (Å²) in [6.45, 7) is 1.77. The Bertz CT molecular complexity index is 566. The molecule has 1 saturated carbocycles. The number of benzene rings is 1. The molecule has 0 radical (unpaired) electrons. The van der Waals surface area contributed by atoms with Gasteiger partial charge in [-0.25, -0.2) is 9.97 Å². The van der Waals surface area contributed by atoms with Gasteiger partial charge in [0.15, 0.2) is 0 Å².